The van der Waals surface area contributed by atoms with E-state index in [9.17, 15) is 29.4 Å². The molecule has 2 N–H and O–H groups in total. The molecule has 0 aromatic rings. The Morgan fingerprint density at radius 1 is 1.07 bits per heavy atom. The van der Waals surface area contributed by atoms with E-state index in [4.69, 9.17) is 0 Å². The molecule has 1 rings (SSSR count). The number of aliphatic carboxylic acids is 2. The van der Waals surface area contributed by atoms with Crippen LogP contribution in [-0.2, 0) is 19.2 Å². The number of unbranched alkanes of at least 4 members (excludes halogenated alkanes) is 1. The molecule has 0 unspecified atom stereocenters. The van der Waals surface area contributed by atoms with Crippen molar-refractivity contribution in [2.45, 2.75) is 69.2 Å². The van der Waals surface area contributed by atoms with Gasteiger partial charge in [-0.05, 0) is 39.0 Å². The summed E-state index contributed by atoms with van der Waals surface area (Å²) in [5.41, 5.74) is 0. The van der Waals surface area contributed by atoms with Gasteiger partial charge in [0.2, 0.25) is 11.8 Å². The van der Waals surface area contributed by atoms with E-state index in [2.05, 4.69) is 10.6 Å². The van der Waals surface area contributed by atoms with Gasteiger partial charge in [-0.2, -0.15) is 0 Å². The van der Waals surface area contributed by atoms with Gasteiger partial charge < -0.3 is 30.4 Å². The number of carboxylic acid groups (broad SMARTS) is 2. The van der Waals surface area contributed by atoms with E-state index < -0.39 is 36.4 Å². The molecule has 0 saturated carbocycles. The van der Waals surface area contributed by atoms with Gasteiger partial charge in [-0.15, -0.1) is 0 Å². The van der Waals surface area contributed by atoms with E-state index in [1.54, 1.807) is 0 Å². The number of nitrogens with one attached hydrogen (secondary N) is 2. The second kappa shape index (κ2) is 17.3. The van der Waals surface area contributed by atoms with Crippen LogP contribution in [0.2, 0.25) is 0 Å². The maximum absolute atomic E-state index is 12.1. The Labute approximate surface area is 217 Å². The zero-order valence-corrected chi connectivity index (χ0v) is 22.3. The van der Waals surface area contributed by atoms with Crippen LogP contribution in [0.4, 0.5) is 0 Å². The van der Waals surface area contributed by atoms with Crippen molar-refractivity contribution in [3.05, 3.63) is 0 Å². The average Bonchev–Trinajstić information content (AvgIpc) is 3.08. The van der Waals surface area contributed by atoms with E-state index in [-0.39, 0.29) is 77.9 Å². The summed E-state index contributed by atoms with van der Waals surface area (Å²) in [7, 11) is 3.75. The van der Waals surface area contributed by atoms with Crippen LogP contribution in [0.25, 0.3) is 0 Å². The van der Waals surface area contributed by atoms with Gasteiger partial charge in [0, 0.05) is 23.4 Å². The molecule has 1 fully saturated rings. The van der Waals surface area contributed by atoms with Gasteiger partial charge in [0.15, 0.2) is 0 Å². The summed E-state index contributed by atoms with van der Waals surface area (Å²) >= 11 is 0. The molecule has 1 saturated heterocycles. The summed E-state index contributed by atoms with van der Waals surface area (Å²) in [6, 6.07) is -2.37. The van der Waals surface area contributed by atoms with Gasteiger partial charge >= 0.3 is 59.1 Å². The van der Waals surface area contributed by atoms with Crippen molar-refractivity contribution >= 4 is 45.3 Å². The van der Waals surface area contributed by atoms with Crippen LogP contribution < -0.4 is 80.0 Å². The van der Waals surface area contributed by atoms with Crippen LogP contribution in [0.1, 0.15) is 51.9 Å². The smallest absolute Gasteiger partial charge is 0.550 e. The molecule has 0 bridgehead atoms. The number of hydrogen-bond donors (Lipinski definition) is 2. The first-order chi connectivity index (χ1) is 12.3. The average molecular weight is 450 g/mol. The van der Waals surface area contributed by atoms with Crippen LogP contribution in [0.3, 0.4) is 0 Å². The van der Waals surface area contributed by atoms with Crippen molar-refractivity contribution < 1.29 is 88.5 Å². The van der Waals surface area contributed by atoms with E-state index in [1.165, 1.54) is 13.3 Å². The van der Waals surface area contributed by atoms with Gasteiger partial charge in [0.1, 0.15) is 6.04 Å². The van der Waals surface area contributed by atoms with Crippen molar-refractivity contribution in [2.24, 2.45) is 0 Å². The third kappa shape index (κ3) is 13.7. The molecule has 12 heteroatoms. The molecule has 0 aromatic heterocycles. The standard InChI is InChI=1S/C16H26N2O6S2.2Na/c1-10(16(23)24)17-15(22)12(6-7-14(20)21)18-13(19)5-3-2-4-11-8-9-25-26-11;;/h10-12H,2-9H2,1H3,(H,17,22)(H,18,19)(H,20,21)(H,23,24);;/q;2*+1/p-2/t10-,11+,12-;;/m0../s1. The van der Waals surface area contributed by atoms with Gasteiger partial charge in [-0.25, -0.2) is 0 Å². The number of rotatable bonds is 12. The summed E-state index contributed by atoms with van der Waals surface area (Å²) in [4.78, 5) is 45.4. The Balaban J connectivity index is 0. The van der Waals surface area contributed by atoms with Gasteiger partial charge in [0.25, 0.3) is 0 Å². The Morgan fingerprint density at radius 3 is 2.29 bits per heavy atom. The summed E-state index contributed by atoms with van der Waals surface area (Å²) in [5.74, 6) is -2.77. The van der Waals surface area contributed by atoms with Crippen molar-refractivity contribution in [3.8, 4) is 0 Å². The molecule has 3 atom stereocenters. The van der Waals surface area contributed by atoms with Crippen molar-refractivity contribution in [2.75, 3.05) is 5.75 Å². The molecule has 1 aliphatic heterocycles. The summed E-state index contributed by atoms with van der Waals surface area (Å²) in [5, 5.41) is 26.6. The largest absolute Gasteiger partial charge is 1.00 e. The molecule has 1 aliphatic rings. The molecule has 2 amide bonds. The number of amides is 2. The minimum absolute atomic E-state index is 0. The van der Waals surface area contributed by atoms with Crippen molar-refractivity contribution in [1.29, 1.82) is 0 Å². The Morgan fingerprint density at radius 2 is 1.75 bits per heavy atom. The SMILES string of the molecule is C[C@H](NC(=O)[C@H](CCC(=O)[O-])NC(=O)CCCC[C@@H]1CCSS1)C(=O)[O-].[Na+].[Na+]. The van der Waals surface area contributed by atoms with Crippen LogP contribution >= 0.6 is 21.6 Å². The maximum Gasteiger partial charge on any atom is 1.00 e. The first kappa shape index (κ1) is 30.8. The van der Waals surface area contributed by atoms with E-state index in [0.717, 1.165) is 18.6 Å². The monoisotopic (exact) mass is 450 g/mol. The van der Waals surface area contributed by atoms with Gasteiger partial charge in [-0.1, -0.05) is 28.0 Å². The summed E-state index contributed by atoms with van der Waals surface area (Å²) < 4.78 is 0. The first-order valence-electron chi connectivity index (χ1n) is 8.58. The van der Waals surface area contributed by atoms with Crippen LogP contribution in [0.5, 0.6) is 0 Å². The number of carbonyl (C=O) groups excluding carboxylic acids is 4. The van der Waals surface area contributed by atoms with Crippen LogP contribution in [-0.4, -0.2) is 46.8 Å². The molecule has 0 spiro atoms. The molecule has 28 heavy (non-hydrogen) atoms. The van der Waals surface area contributed by atoms with Gasteiger partial charge in [-0.3, -0.25) is 9.59 Å². The summed E-state index contributed by atoms with van der Waals surface area (Å²) in [6.45, 7) is 1.23. The number of carbonyl (C=O) groups is 4. The second-order valence-corrected chi connectivity index (χ2v) is 8.94. The molecule has 8 nitrogen and oxygen atoms in total. The Hall–Kier alpha value is 0.580. The predicted octanol–water partition coefficient (Wildman–Crippen LogP) is -7.02. The number of carboxylic acids is 2. The quantitative estimate of drug-likeness (QED) is 0.170. The maximum atomic E-state index is 12.1. The fourth-order valence-electron chi connectivity index (χ4n) is 2.39. The predicted molar refractivity (Wildman–Crippen MR) is 95.7 cm³/mol. The van der Waals surface area contributed by atoms with E-state index >= 15 is 0 Å². The molecular formula is C16H24N2Na2O6S2. The summed E-state index contributed by atoms with van der Waals surface area (Å²) in [6.07, 6.45) is 3.45. The minimum Gasteiger partial charge on any atom is -0.550 e. The minimum atomic E-state index is -1.47. The fraction of sp³-hybridized carbons (Fsp3) is 0.750. The molecule has 1 heterocycles. The third-order valence-corrected chi connectivity index (χ3v) is 6.92. The van der Waals surface area contributed by atoms with E-state index in [0.29, 0.717) is 11.7 Å². The van der Waals surface area contributed by atoms with Crippen molar-refractivity contribution in [3.63, 3.8) is 0 Å². The van der Waals surface area contributed by atoms with Crippen molar-refractivity contribution in [1.82, 2.24) is 10.6 Å². The zero-order chi connectivity index (χ0) is 19.5. The third-order valence-electron chi connectivity index (χ3n) is 3.91. The molecule has 148 valence electrons. The fourth-order valence-corrected chi connectivity index (χ4v) is 5.42. The normalized spacial score (nSPS) is 17.4. The molecular weight excluding hydrogens is 426 g/mol. The Kier molecular flexibility index (Phi) is 19.0. The Bertz CT molecular complexity index is 521. The topological polar surface area (TPSA) is 138 Å². The van der Waals surface area contributed by atoms with Gasteiger partial charge in [0.05, 0.1) is 12.0 Å². The first-order valence-corrected chi connectivity index (χ1v) is 11.0. The zero-order valence-electron chi connectivity index (χ0n) is 16.7. The van der Waals surface area contributed by atoms with Crippen LogP contribution in [0, 0.1) is 0 Å². The molecule has 0 aromatic carbocycles. The van der Waals surface area contributed by atoms with E-state index in [1.807, 2.05) is 21.6 Å². The molecule has 0 aliphatic carbocycles. The second-order valence-electron chi connectivity index (χ2n) is 6.15. The molecule has 0 radical (unpaired) electrons. The number of hydrogen-bond acceptors (Lipinski definition) is 8. The van der Waals surface area contributed by atoms with Crippen LogP contribution in [0.15, 0.2) is 0 Å².